The van der Waals surface area contributed by atoms with E-state index in [2.05, 4.69) is 29.8 Å². The first-order valence-electron chi connectivity index (χ1n) is 6.30. The first-order valence-corrected chi connectivity index (χ1v) is 7.97. The molecule has 0 aliphatic heterocycles. The molecule has 2 rings (SSSR count). The number of ether oxygens (including phenoxy) is 1. The van der Waals surface area contributed by atoms with Gasteiger partial charge in [0.2, 0.25) is 0 Å². The molecule has 2 unspecified atom stereocenters. The highest BCUT2D eigenvalue weighted by atomic mass is 79.9. The molecule has 0 spiro atoms. The lowest BCUT2D eigenvalue weighted by Crippen LogP contribution is -2.56. The van der Waals surface area contributed by atoms with Crippen LogP contribution in [-0.2, 0) is 0 Å². The predicted octanol–water partition coefficient (Wildman–Crippen LogP) is 5.71. The molecule has 4 heteroatoms. The second-order valence-corrected chi connectivity index (χ2v) is 6.69. The van der Waals surface area contributed by atoms with Gasteiger partial charge in [-0.3, -0.25) is 0 Å². The second kappa shape index (κ2) is 5.60. The van der Waals surface area contributed by atoms with Gasteiger partial charge < -0.3 is 4.74 Å². The molecule has 2 atom stereocenters. The van der Waals surface area contributed by atoms with Crippen LogP contribution in [-0.4, -0.2) is 10.9 Å². The Morgan fingerprint density at radius 3 is 2.56 bits per heavy atom. The SMILES string of the molecule is CCC1(CC)C(Br)CC1Oc1cccc(Cl)c1Cl. The van der Waals surface area contributed by atoms with Gasteiger partial charge in [-0.15, -0.1) is 0 Å². The van der Waals surface area contributed by atoms with Gasteiger partial charge >= 0.3 is 0 Å². The van der Waals surface area contributed by atoms with Crippen LogP contribution in [0.3, 0.4) is 0 Å². The van der Waals surface area contributed by atoms with Crippen LogP contribution in [0.4, 0.5) is 0 Å². The minimum atomic E-state index is 0.214. The zero-order valence-corrected chi connectivity index (χ0v) is 13.6. The molecule has 0 saturated heterocycles. The van der Waals surface area contributed by atoms with Crippen LogP contribution in [0.15, 0.2) is 18.2 Å². The highest BCUT2D eigenvalue weighted by molar-refractivity contribution is 9.09. The summed E-state index contributed by atoms with van der Waals surface area (Å²) in [5.74, 6) is 0.694. The molecule has 1 aliphatic rings. The molecule has 0 bridgehead atoms. The van der Waals surface area contributed by atoms with Gasteiger partial charge in [-0.2, -0.15) is 0 Å². The molecule has 1 saturated carbocycles. The van der Waals surface area contributed by atoms with E-state index in [0.717, 1.165) is 19.3 Å². The molecule has 0 N–H and O–H groups in total. The van der Waals surface area contributed by atoms with Gasteiger partial charge in [0.15, 0.2) is 0 Å². The van der Waals surface area contributed by atoms with Crippen LogP contribution >= 0.6 is 39.1 Å². The Labute approximate surface area is 127 Å². The maximum Gasteiger partial charge on any atom is 0.139 e. The number of rotatable bonds is 4. The van der Waals surface area contributed by atoms with Crippen molar-refractivity contribution in [2.45, 2.75) is 44.0 Å². The third-order valence-electron chi connectivity index (χ3n) is 4.19. The van der Waals surface area contributed by atoms with Crippen LogP contribution < -0.4 is 4.74 Å². The van der Waals surface area contributed by atoms with Gasteiger partial charge in [-0.05, 0) is 31.4 Å². The average molecular weight is 352 g/mol. The third kappa shape index (κ3) is 2.28. The Morgan fingerprint density at radius 2 is 2.00 bits per heavy atom. The number of hydrogen-bond acceptors (Lipinski definition) is 1. The molecule has 0 amide bonds. The molecule has 18 heavy (non-hydrogen) atoms. The fourth-order valence-electron chi connectivity index (χ4n) is 2.74. The van der Waals surface area contributed by atoms with Crippen molar-refractivity contribution >= 4 is 39.1 Å². The summed E-state index contributed by atoms with van der Waals surface area (Å²) in [4.78, 5) is 0.531. The summed E-state index contributed by atoms with van der Waals surface area (Å²) in [6.07, 6.45) is 3.43. The van der Waals surface area contributed by atoms with Gasteiger partial charge in [0.25, 0.3) is 0 Å². The van der Waals surface area contributed by atoms with Gasteiger partial charge in [0.1, 0.15) is 16.9 Å². The summed E-state index contributed by atoms with van der Waals surface area (Å²) in [5, 5.41) is 1.06. The van der Waals surface area contributed by atoms with Crippen molar-refractivity contribution in [3.05, 3.63) is 28.2 Å². The fourth-order valence-corrected chi connectivity index (χ4v) is 4.36. The van der Waals surface area contributed by atoms with E-state index in [1.54, 1.807) is 6.07 Å². The van der Waals surface area contributed by atoms with Crippen LogP contribution in [0, 0.1) is 5.41 Å². The lowest BCUT2D eigenvalue weighted by molar-refractivity contribution is -0.0410. The summed E-state index contributed by atoms with van der Waals surface area (Å²) < 4.78 is 6.08. The summed E-state index contributed by atoms with van der Waals surface area (Å²) in [6.45, 7) is 4.43. The van der Waals surface area contributed by atoms with Crippen LogP contribution in [0.25, 0.3) is 0 Å². The quantitative estimate of drug-likeness (QED) is 0.631. The highest BCUT2D eigenvalue weighted by Gasteiger charge is 2.53. The Morgan fingerprint density at radius 1 is 1.33 bits per heavy atom. The van der Waals surface area contributed by atoms with E-state index in [9.17, 15) is 0 Å². The zero-order chi connectivity index (χ0) is 13.3. The van der Waals surface area contributed by atoms with Gasteiger partial charge in [-0.1, -0.05) is 59.0 Å². The zero-order valence-electron chi connectivity index (χ0n) is 10.6. The third-order valence-corrected chi connectivity index (χ3v) is 6.28. The van der Waals surface area contributed by atoms with E-state index in [1.165, 1.54) is 0 Å². The van der Waals surface area contributed by atoms with Gasteiger partial charge in [0, 0.05) is 10.2 Å². The molecule has 1 fully saturated rings. The van der Waals surface area contributed by atoms with Gasteiger partial charge in [0.05, 0.1) is 5.02 Å². The minimum Gasteiger partial charge on any atom is -0.488 e. The molecule has 0 heterocycles. The predicted molar refractivity (Wildman–Crippen MR) is 81.2 cm³/mol. The second-order valence-electron chi connectivity index (χ2n) is 4.80. The molecule has 1 nitrogen and oxygen atoms in total. The maximum absolute atomic E-state index is 6.17. The van der Waals surface area contributed by atoms with Gasteiger partial charge in [-0.25, -0.2) is 0 Å². The summed E-state index contributed by atoms with van der Waals surface area (Å²) in [5.41, 5.74) is 0.214. The number of benzene rings is 1. The van der Waals surface area contributed by atoms with Crippen LogP contribution in [0.2, 0.25) is 10.0 Å². The Hall–Kier alpha value is 0.0800. The van der Waals surface area contributed by atoms with Crippen molar-refractivity contribution in [2.24, 2.45) is 5.41 Å². The molecule has 0 aromatic heterocycles. The van der Waals surface area contributed by atoms with E-state index in [4.69, 9.17) is 27.9 Å². The Kier molecular flexibility index (Phi) is 4.51. The van der Waals surface area contributed by atoms with E-state index >= 15 is 0 Å². The highest BCUT2D eigenvalue weighted by Crippen LogP contribution is 2.53. The van der Waals surface area contributed by atoms with E-state index < -0.39 is 0 Å². The van der Waals surface area contributed by atoms with Crippen molar-refractivity contribution in [2.75, 3.05) is 0 Å². The minimum absolute atomic E-state index is 0.214. The van der Waals surface area contributed by atoms with Crippen molar-refractivity contribution in [1.82, 2.24) is 0 Å². The molecular weight excluding hydrogens is 335 g/mol. The number of halogens is 3. The Balaban J connectivity index is 2.18. The molecule has 100 valence electrons. The average Bonchev–Trinajstić information content (AvgIpc) is 2.36. The fraction of sp³-hybridized carbons (Fsp3) is 0.571. The molecule has 0 radical (unpaired) electrons. The van der Waals surface area contributed by atoms with E-state index in [0.29, 0.717) is 20.6 Å². The van der Waals surface area contributed by atoms with Crippen molar-refractivity contribution in [1.29, 1.82) is 0 Å². The van der Waals surface area contributed by atoms with E-state index in [-0.39, 0.29) is 11.5 Å². The van der Waals surface area contributed by atoms with Crippen molar-refractivity contribution in [3.8, 4) is 5.75 Å². The standard InChI is InChI=1S/C14H17BrCl2O/c1-3-14(4-2)11(15)8-12(14)18-10-7-5-6-9(16)13(10)17/h5-7,11-12H,3-4,8H2,1-2H3. The largest absolute Gasteiger partial charge is 0.488 e. The summed E-state index contributed by atoms with van der Waals surface area (Å²) in [7, 11) is 0. The van der Waals surface area contributed by atoms with E-state index in [1.807, 2.05) is 12.1 Å². The van der Waals surface area contributed by atoms with Crippen LogP contribution in [0.5, 0.6) is 5.75 Å². The lowest BCUT2D eigenvalue weighted by Gasteiger charge is -2.52. The first kappa shape index (κ1) is 14.5. The number of alkyl halides is 1. The van der Waals surface area contributed by atoms with Crippen molar-refractivity contribution in [3.63, 3.8) is 0 Å². The smallest absolute Gasteiger partial charge is 0.139 e. The lowest BCUT2D eigenvalue weighted by atomic mass is 9.62. The first-order chi connectivity index (χ1) is 8.55. The topological polar surface area (TPSA) is 9.23 Å². The monoisotopic (exact) mass is 350 g/mol. The van der Waals surface area contributed by atoms with Crippen molar-refractivity contribution < 1.29 is 4.74 Å². The molecule has 1 aromatic rings. The Bertz CT molecular complexity index is 432. The maximum atomic E-state index is 6.17. The summed E-state index contributed by atoms with van der Waals surface area (Å²) >= 11 is 15.9. The summed E-state index contributed by atoms with van der Waals surface area (Å²) in [6, 6.07) is 5.52. The van der Waals surface area contributed by atoms with Crippen LogP contribution in [0.1, 0.15) is 33.1 Å². The molecule has 1 aromatic carbocycles. The number of hydrogen-bond donors (Lipinski definition) is 0. The normalized spacial score (nSPS) is 25.6. The molecule has 1 aliphatic carbocycles. The molecular formula is C14H17BrCl2O.